The highest BCUT2D eigenvalue weighted by atomic mass is 32.2. The van der Waals surface area contributed by atoms with Crippen molar-refractivity contribution in [2.75, 3.05) is 18.1 Å². The minimum atomic E-state index is -0.260. The standard InChI is InChI=1S/C10H13N5O2S/c1-7(16)17-2-3-18-6-15-5-13-8-4-12-10(11)14-9(8)15/h4-5H,2-3,6H2,1H3,(H2,11,12,14). The molecule has 2 rings (SSSR count). The first-order valence-electron chi connectivity index (χ1n) is 5.31. The lowest BCUT2D eigenvalue weighted by Crippen LogP contribution is -2.04. The van der Waals surface area contributed by atoms with Gasteiger partial charge in [0.1, 0.15) is 12.1 Å². The summed E-state index contributed by atoms with van der Waals surface area (Å²) in [6, 6.07) is 0. The molecule has 2 aromatic heterocycles. The molecule has 0 saturated heterocycles. The molecule has 0 aliphatic carbocycles. The smallest absolute Gasteiger partial charge is 0.302 e. The number of rotatable bonds is 5. The number of anilines is 1. The molecule has 2 N–H and O–H groups in total. The van der Waals surface area contributed by atoms with Crippen LogP contribution in [0.1, 0.15) is 6.92 Å². The third kappa shape index (κ3) is 3.10. The fraction of sp³-hybridized carbons (Fsp3) is 0.400. The Morgan fingerprint density at radius 1 is 1.56 bits per heavy atom. The Morgan fingerprint density at radius 2 is 2.39 bits per heavy atom. The van der Waals surface area contributed by atoms with Gasteiger partial charge in [-0.3, -0.25) is 4.79 Å². The van der Waals surface area contributed by atoms with Crippen LogP contribution in [0.5, 0.6) is 0 Å². The molecule has 0 aromatic carbocycles. The Balaban J connectivity index is 1.91. The molecule has 2 heterocycles. The van der Waals surface area contributed by atoms with E-state index in [0.717, 1.165) is 5.75 Å². The monoisotopic (exact) mass is 267 g/mol. The molecule has 0 spiro atoms. The van der Waals surface area contributed by atoms with Gasteiger partial charge in [0.15, 0.2) is 5.65 Å². The van der Waals surface area contributed by atoms with Crippen LogP contribution < -0.4 is 5.73 Å². The maximum Gasteiger partial charge on any atom is 0.302 e. The number of imidazole rings is 1. The molecule has 0 amide bonds. The van der Waals surface area contributed by atoms with Gasteiger partial charge in [0, 0.05) is 12.7 Å². The Labute approximate surface area is 108 Å². The van der Waals surface area contributed by atoms with E-state index in [1.165, 1.54) is 6.92 Å². The van der Waals surface area contributed by atoms with Crippen molar-refractivity contribution in [3.63, 3.8) is 0 Å². The van der Waals surface area contributed by atoms with Gasteiger partial charge >= 0.3 is 5.97 Å². The minimum Gasteiger partial charge on any atom is -0.465 e. The summed E-state index contributed by atoms with van der Waals surface area (Å²) in [4.78, 5) is 22.7. The zero-order chi connectivity index (χ0) is 13.0. The average Bonchev–Trinajstić information content (AvgIpc) is 2.71. The zero-order valence-corrected chi connectivity index (χ0v) is 10.7. The second-order valence-corrected chi connectivity index (χ2v) is 4.60. The lowest BCUT2D eigenvalue weighted by Gasteiger charge is -2.04. The molecule has 0 atom stereocenters. The van der Waals surface area contributed by atoms with Gasteiger partial charge < -0.3 is 15.0 Å². The summed E-state index contributed by atoms with van der Waals surface area (Å²) >= 11 is 1.62. The molecule has 0 bridgehead atoms. The number of carbonyl (C=O) groups excluding carboxylic acids is 1. The normalized spacial score (nSPS) is 10.7. The summed E-state index contributed by atoms with van der Waals surface area (Å²) in [6.45, 7) is 1.80. The average molecular weight is 267 g/mol. The Bertz CT molecular complexity index is 556. The van der Waals surface area contributed by atoms with Crippen LogP contribution in [0.4, 0.5) is 5.95 Å². The van der Waals surface area contributed by atoms with Crippen LogP contribution in [0.3, 0.4) is 0 Å². The molecule has 0 saturated carbocycles. The van der Waals surface area contributed by atoms with Gasteiger partial charge in [0.25, 0.3) is 0 Å². The molecule has 0 aliphatic rings. The fourth-order valence-corrected chi connectivity index (χ4v) is 2.09. The SMILES string of the molecule is CC(=O)OCCSCn1cnc2cnc(N)nc21. The van der Waals surface area contributed by atoms with E-state index in [1.807, 2.05) is 4.57 Å². The lowest BCUT2D eigenvalue weighted by atomic mass is 10.5. The molecular weight excluding hydrogens is 254 g/mol. The van der Waals surface area contributed by atoms with Crippen molar-refractivity contribution >= 4 is 34.8 Å². The number of esters is 1. The van der Waals surface area contributed by atoms with Crippen LogP contribution in [-0.2, 0) is 15.4 Å². The summed E-state index contributed by atoms with van der Waals surface area (Å²) in [6.07, 6.45) is 3.29. The fourth-order valence-electron chi connectivity index (χ4n) is 1.37. The maximum atomic E-state index is 10.6. The van der Waals surface area contributed by atoms with Crippen molar-refractivity contribution in [1.82, 2.24) is 19.5 Å². The van der Waals surface area contributed by atoms with Crippen molar-refractivity contribution in [3.8, 4) is 0 Å². The van der Waals surface area contributed by atoms with Crippen molar-refractivity contribution in [2.45, 2.75) is 12.8 Å². The van der Waals surface area contributed by atoms with Crippen LogP contribution in [0, 0.1) is 0 Å². The summed E-state index contributed by atoms with van der Waals surface area (Å²) < 4.78 is 6.72. The first kappa shape index (κ1) is 12.6. The van der Waals surface area contributed by atoms with Crippen LogP contribution in [-0.4, -0.2) is 37.8 Å². The highest BCUT2D eigenvalue weighted by Gasteiger charge is 2.05. The van der Waals surface area contributed by atoms with E-state index in [2.05, 4.69) is 15.0 Å². The van der Waals surface area contributed by atoms with Gasteiger partial charge in [-0.15, -0.1) is 11.8 Å². The van der Waals surface area contributed by atoms with Crippen molar-refractivity contribution in [3.05, 3.63) is 12.5 Å². The number of hydrogen-bond acceptors (Lipinski definition) is 7. The molecule has 8 heteroatoms. The van der Waals surface area contributed by atoms with E-state index in [-0.39, 0.29) is 11.9 Å². The predicted octanol–water partition coefficient (Wildman–Crippen LogP) is 0.662. The summed E-state index contributed by atoms with van der Waals surface area (Å²) in [5, 5.41) is 0. The van der Waals surface area contributed by atoms with Crippen LogP contribution in [0.25, 0.3) is 11.2 Å². The molecule has 0 unspecified atom stereocenters. The molecule has 0 aliphatic heterocycles. The number of nitrogens with two attached hydrogens (primary N) is 1. The topological polar surface area (TPSA) is 95.9 Å². The molecule has 0 radical (unpaired) electrons. The second-order valence-electron chi connectivity index (χ2n) is 3.53. The molecule has 0 fully saturated rings. The number of thioether (sulfide) groups is 1. The van der Waals surface area contributed by atoms with Gasteiger partial charge in [-0.2, -0.15) is 4.98 Å². The van der Waals surface area contributed by atoms with E-state index in [1.54, 1.807) is 24.3 Å². The maximum absolute atomic E-state index is 10.6. The highest BCUT2D eigenvalue weighted by Crippen LogP contribution is 2.13. The van der Waals surface area contributed by atoms with Crippen molar-refractivity contribution in [2.24, 2.45) is 0 Å². The van der Waals surface area contributed by atoms with E-state index in [4.69, 9.17) is 10.5 Å². The summed E-state index contributed by atoms with van der Waals surface area (Å²) in [5.74, 6) is 1.37. The van der Waals surface area contributed by atoms with Gasteiger partial charge in [-0.25, -0.2) is 9.97 Å². The van der Waals surface area contributed by atoms with Gasteiger partial charge in [0.05, 0.1) is 18.4 Å². The number of hydrogen-bond donors (Lipinski definition) is 1. The number of nitrogen functional groups attached to an aromatic ring is 1. The third-order valence-corrected chi connectivity index (χ3v) is 3.06. The minimum absolute atomic E-state index is 0.231. The molecule has 2 aromatic rings. The van der Waals surface area contributed by atoms with Gasteiger partial charge in [-0.05, 0) is 0 Å². The first-order chi connectivity index (χ1) is 8.66. The number of nitrogens with zero attached hydrogens (tertiary/aromatic N) is 4. The number of aromatic nitrogens is 4. The third-order valence-electron chi connectivity index (χ3n) is 2.14. The quantitative estimate of drug-likeness (QED) is 0.628. The largest absolute Gasteiger partial charge is 0.465 e. The predicted molar refractivity (Wildman–Crippen MR) is 68.8 cm³/mol. The van der Waals surface area contributed by atoms with Crippen molar-refractivity contribution < 1.29 is 9.53 Å². The summed E-state index contributed by atoms with van der Waals surface area (Å²) in [5.41, 5.74) is 6.96. The zero-order valence-electron chi connectivity index (χ0n) is 9.87. The Hall–Kier alpha value is -1.83. The lowest BCUT2D eigenvalue weighted by molar-refractivity contribution is -0.140. The highest BCUT2D eigenvalue weighted by molar-refractivity contribution is 7.98. The number of fused-ring (bicyclic) bond motifs is 1. The molecule has 18 heavy (non-hydrogen) atoms. The molecule has 96 valence electrons. The van der Waals surface area contributed by atoms with Crippen molar-refractivity contribution in [1.29, 1.82) is 0 Å². The van der Waals surface area contributed by atoms with Crippen LogP contribution in [0.15, 0.2) is 12.5 Å². The Kier molecular flexibility index (Phi) is 3.98. The first-order valence-corrected chi connectivity index (χ1v) is 6.47. The van der Waals surface area contributed by atoms with E-state index in [0.29, 0.717) is 23.6 Å². The van der Waals surface area contributed by atoms with Crippen LogP contribution in [0.2, 0.25) is 0 Å². The number of ether oxygens (including phenoxy) is 1. The molecular formula is C10H13N5O2S. The van der Waals surface area contributed by atoms with Crippen LogP contribution >= 0.6 is 11.8 Å². The van der Waals surface area contributed by atoms with Gasteiger partial charge in [-0.1, -0.05) is 0 Å². The molecule has 7 nitrogen and oxygen atoms in total. The van der Waals surface area contributed by atoms with Gasteiger partial charge in [0.2, 0.25) is 5.95 Å². The number of carbonyl (C=O) groups is 1. The van der Waals surface area contributed by atoms with E-state index >= 15 is 0 Å². The summed E-state index contributed by atoms with van der Waals surface area (Å²) in [7, 11) is 0. The Morgan fingerprint density at radius 3 is 3.17 bits per heavy atom. The van der Waals surface area contributed by atoms with E-state index < -0.39 is 0 Å². The van der Waals surface area contributed by atoms with E-state index in [9.17, 15) is 4.79 Å². The second kappa shape index (κ2) is 5.67.